The summed E-state index contributed by atoms with van der Waals surface area (Å²) < 4.78 is 18.7. The molecule has 0 N–H and O–H groups in total. The fourth-order valence-electron chi connectivity index (χ4n) is 2.57. The molecule has 0 saturated carbocycles. The number of aromatic nitrogens is 2. The topological polar surface area (TPSA) is 41.5 Å². The number of hydrogen-bond donors (Lipinski definition) is 0. The van der Waals surface area contributed by atoms with Gasteiger partial charge in [0.15, 0.2) is 5.82 Å². The lowest BCUT2D eigenvalue weighted by molar-refractivity contribution is 0.118. The molecule has 1 unspecified atom stereocenters. The molecule has 6 heteroatoms. The first-order chi connectivity index (χ1) is 10.7. The molecule has 2 rings (SSSR count). The highest BCUT2D eigenvalue weighted by molar-refractivity contribution is 4.96. The van der Waals surface area contributed by atoms with Gasteiger partial charge in [0.25, 0.3) is 0 Å². The van der Waals surface area contributed by atoms with Gasteiger partial charge >= 0.3 is 6.01 Å². The van der Waals surface area contributed by atoms with Gasteiger partial charge in [-0.1, -0.05) is 6.08 Å². The van der Waals surface area contributed by atoms with Crippen molar-refractivity contribution in [3.63, 3.8) is 0 Å². The van der Waals surface area contributed by atoms with Crippen LogP contribution in [-0.4, -0.2) is 65.6 Å². The molecule has 0 spiro atoms. The molecule has 1 aromatic rings. The van der Waals surface area contributed by atoms with Crippen LogP contribution in [0.15, 0.2) is 25.0 Å². The van der Waals surface area contributed by atoms with Crippen molar-refractivity contribution in [3.8, 4) is 6.01 Å². The molecule has 1 atom stereocenters. The molecular formula is C16H25FN4O. The first kappa shape index (κ1) is 16.8. The Morgan fingerprint density at radius 1 is 1.32 bits per heavy atom. The summed E-state index contributed by atoms with van der Waals surface area (Å²) in [6.07, 6.45) is 7.04. The Morgan fingerprint density at radius 2 is 2.09 bits per heavy atom. The second kappa shape index (κ2) is 8.80. The number of ether oxygens (including phenoxy) is 1. The molecular weight excluding hydrogens is 283 g/mol. The van der Waals surface area contributed by atoms with E-state index >= 15 is 0 Å². The molecule has 5 nitrogen and oxygen atoms in total. The van der Waals surface area contributed by atoms with Gasteiger partial charge in [-0.25, -0.2) is 14.4 Å². The van der Waals surface area contributed by atoms with E-state index in [1.54, 1.807) is 0 Å². The summed E-state index contributed by atoms with van der Waals surface area (Å²) in [7, 11) is 2.15. The third-order valence-electron chi connectivity index (χ3n) is 3.84. The fourth-order valence-corrected chi connectivity index (χ4v) is 2.57. The standard InChI is InChI=1S/C16H25FN4O/c1-3-4-6-15(22-16-18-11-14(17)12-19-16)13-21-8-5-7-20(2)9-10-21/h3,11-12,15H,1,4-10,13H2,2H3. The highest BCUT2D eigenvalue weighted by atomic mass is 19.1. The third kappa shape index (κ3) is 5.69. The molecule has 22 heavy (non-hydrogen) atoms. The van der Waals surface area contributed by atoms with E-state index in [1.807, 2.05) is 6.08 Å². The quantitative estimate of drug-likeness (QED) is 0.720. The molecule has 1 aliphatic rings. The van der Waals surface area contributed by atoms with Crippen molar-refractivity contribution < 1.29 is 9.13 Å². The van der Waals surface area contributed by atoms with Crippen molar-refractivity contribution >= 4 is 0 Å². The maximum atomic E-state index is 12.9. The van der Waals surface area contributed by atoms with Crippen LogP contribution < -0.4 is 4.74 Å². The van der Waals surface area contributed by atoms with E-state index in [-0.39, 0.29) is 12.1 Å². The van der Waals surface area contributed by atoms with Crippen molar-refractivity contribution in [3.05, 3.63) is 30.9 Å². The SMILES string of the molecule is C=CCCC(CN1CCCN(C)CC1)Oc1ncc(F)cn1. The van der Waals surface area contributed by atoms with Crippen molar-refractivity contribution in [2.75, 3.05) is 39.8 Å². The molecule has 0 aliphatic carbocycles. The fraction of sp³-hybridized carbons (Fsp3) is 0.625. The van der Waals surface area contributed by atoms with E-state index in [4.69, 9.17) is 4.74 Å². The first-order valence-corrected chi connectivity index (χ1v) is 7.83. The normalized spacial score (nSPS) is 18.6. The molecule has 0 radical (unpaired) electrons. The monoisotopic (exact) mass is 308 g/mol. The maximum Gasteiger partial charge on any atom is 0.316 e. The Morgan fingerprint density at radius 3 is 2.82 bits per heavy atom. The second-order valence-corrected chi connectivity index (χ2v) is 5.75. The van der Waals surface area contributed by atoms with Crippen LogP contribution in [-0.2, 0) is 0 Å². The summed E-state index contributed by atoms with van der Waals surface area (Å²) in [5, 5.41) is 0. The molecule has 1 saturated heterocycles. The number of hydrogen-bond acceptors (Lipinski definition) is 5. The lowest BCUT2D eigenvalue weighted by Gasteiger charge is -2.26. The highest BCUT2D eigenvalue weighted by Gasteiger charge is 2.19. The van der Waals surface area contributed by atoms with E-state index in [0.717, 1.165) is 64.4 Å². The number of rotatable bonds is 7. The molecule has 0 bridgehead atoms. The van der Waals surface area contributed by atoms with Crippen molar-refractivity contribution in [1.29, 1.82) is 0 Å². The smallest absolute Gasteiger partial charge is 0.316 e. The van der Waals surface area contributed by atoms with Gasteiger partial charge in [-0.3, -0.25) is 4.90 Å². The van der Waals surface area contributed by atoms with Crippen LogP contribution in [0.5, 0.6) is 6.01 Å². The minimum absolute atomic E-state index is 0.00753. The number of allylic oxidation sites excluding steroid dienone is 1. The van der Waals surface area contributed by atoms with Crippen LogP contribution in [0.4, 0.5) is 4.39 Å². The summed E-state index contributed by atoms with van der Waals surface area (Å²) in [6, 6.07) is 0.238. The number of nitrogens with zero attached hydrogens (tertiary/aromatic N) is 4. The van der Waals surface area contributed by atoms with Crippen LogP contribution in [0, 0.1) is 5.82 Å². The average Bonchev–Trinajstić information content (AvgIpc) is 2.72. The van der Waals surface area contributed by atoms with E-state index in [2.05, 4.69) is 33.4 Å². The Bertz CT molecular complexity index is 454. The summed E-state index contributed by atoms with van der Waals surface area (Å²) in [5.74, 6) is -0.453. The predicted octanol–water partition coefficient (Wildman–Crippen LogP) is 1.97. The average molecular weight is 308 g/mol. The van der Waals surface area contributed by atoms with Crippen molar-refractivity contribution in [2.24, 2.45) is 0 Å². The zero-order valence-corrected chi connectivity index (χ0v) is 13.2. The van der Waals surface area contributed by atoms with E-state index < -0.39 is 5.82 Å². The van der Waals surface area contributed by atoms with Crippen LogP contribution >= 0.6 is 0 Å². The van der Waals surface area contributed by atoms with E-state index in [9.17, 15) is 4.39 Å². The number of halogens is 1. The first-order valence-electron chi connectivity index (χ1n) is 7.83. The third-order valence-corrected chi connectivity index (χ3v) is 3.84. The summed E-state index contributed by atoms with van der Waals surface area (Å²) in [6.45, 7) is 8.92. The summed E-state index contributed by atoms with van der Waals surface area (Å²) in [5.41, 5.74) is 0. The minimum Gasteiger partial charge on any atom is -0.459 e. The zero-order valence-electron chi connectivity index (χ0n) is 13.2. The van der Waals surface area contributed by atoms with Crippen LogP contribution in [0.3, 0.4) is 0 Å². The van der Waals surface area contributed by atoms with E-state index in [1.165, 1.54) is 0 Å². The molecule has 0 aromatic carbocycles. The van der Waals surface area contributed by atoms with Gasteiger partial charge < -0.3 is 9.64 Å². The Hall–Kier alpha value is -1.53. The lowest BCUT2D eigenvalue weighted by atomic mass is 10.2. The van der Waals surface area contributed by atoms with Gasteiger partial charge in [0, 0.05) is 19.6 Å². The summed E-state index contributed by atoms with van der Waals surface area (Å²) in [4.78, 5) is 12.5. The minimum atomic E-state index is -0.453. The van der Waals surface area contributed by atoms with Gasteiger partial charge in [-0.05, 0) is 39.4 Å². The van der Waals surface area contributed by atoms with Crippen LogP contribution in [0.2, 0.25) is 0 Å². The molecule has 122 valence electrons. The zero-order chi connectivity index (χ0) is 15.8. The molecule has 0 amide bonds. The van der Waals surface area contributed by atoms with Gasteiger partial charge in [-0.2, -0.15) is 0 Å². The lowest BCUT2D eigenvalue weighted by Crippen LogP contribution is -2.38. The Balaban J connectivity index is 1.92. The Labute approximate surface area is 131 Å². The van der Waals surface area contributed by atoms with Crippen LogP contribution in [0.1, 0.15) is 19.3 Å². The Kier molecular flexibility index (Phi) is 6.74. The largest absolute Gasteiger partial charge is 0.459 e. The molecule has 1 aromatic heterocycles. The molecule has 1 aliphatic heterocycles. The van der Waals surface area contributed by atoms with Gasteiger partial charge in [0.2, 0.25) is 0 Å². The molecule has 2 heterocycles. The summed E-state index contributed by atoms with van der Waals surface area (Å²) >= 11 is 0. The van der Waals surface area contributed by atoms with Gasteiger partial charge in [0.1, 0.15) is 6.10 Å². The van der Waals surface area contributed by atoms with Crippen LogP contribution in [0.25, 0.3) is 0 Å². The molecule has 1 fully saturated rings. The second-order valence-electron chi connectivity index (χ2n) is 5.75. The van der Waals surface area contributed by atoms with E-state index in [0.29, 0.717) is 0 Å². The number of likely N-dealkylation sites (N-methyl/N-ethyl adjacent to an activating group) is 1. The maximum absolute atomic E-state index is 12.9. The van der Waals surface area contributed by atoms with Crippen molar-refractivity contribution in [2.45, 2.75) is 25.4 Å². The van der Waals surface area contributed by atoms with Gasteiger partial charge in [-0.15, -0.1) is 6.58 Å². The highest BCUT2D eigenvalue weighted by Crippen LogP contribution is 2.12. The van der Waals surface area contributed by atoms with Crippen molar-refractivity contribution in [1.82, 2.24) is 19.8 Å². The van der Waals surface area contributed by atoms with Gasteiger partial charge in [0.05, 0.1) is 12.4 Å². The predicted molar refractivity (Wildman–Crippen MR) is 84.4 cm³/mol.